The summed E-state index contributed by atoms with van der Waals surface area (Å²) in [5.41, 5.74) is 2.64. The normalized spacial score (nSPS) is 10.5. The summed E-state index contributed by atoms with van der Waals surface area (Å²) >= 11 is 0. The molecule has 7 heteroatoms. The van der Waals surface area contributed by atoms with Crippen LogP contribution in [0.3, 0.4) is 0 Å². The average molecular weight is 429 g/mol. The second-order valence-electron chi connectivity index (χ2n) is 7.03. The van der Waals surface area contributed by atoms with Gasteiger partial charge in [-0.25, -0.2) is 4.98 Å². The molecule has 2 heterocycles. The lowest BCUT2D eigenvalue weighted by Crippen LogP contribution is -2.23. The van der Waals surface area contributed by atoms with Crippen molar-refractivity contribution in [1.82, 2.24) is 15.5 Å². The number of hydrogen-bond donors (Lipinski definition) is 1. The summed E-state index contributed by atoms with van der Waals surface area (Å²) in [5.74, 6) is 1.52. The summed E-state index contributed by atoms with van der Waals surface area (Å²) in [7, 11) is 0. The molecule has 0 radical (unpaired) electrons. The van der Waals surface area contributed by atoms with Crippen LogP contribution in [-0.2, 0) is 6.54 Å². The summed E-state index contributed by atoms with van der Waals surface area (Å²) in [6, 6.07) is 22.7. The highest BCUT2D eigenvalue weighted by Gasteiger charge is 2.21. The lowest BCUT2D eigenvalue weighted by Gasteiger charge is -2.09. The van der Waals surface area contributed by atoms with E-state index in [0.29, 0.717) is 42.7 Å². The summed E-state index contributed by atoms with van der Waals surface area (Å²) in [6.45, 7) is 2.85. The maximum atomic E-state index is 12.8. The first-order valence-electron chi connectivity index (χ1n) is 10.3. The smallest absolute Gasteiger partial charge is 0.257 e. The van der Waals surface area contributed by atoms with Gasteiger partial charge in [-0.2, -0.15) is 0 Å². The molecule has 0 atom stereocenters. The van der Waals surface area contributed by atoms with Gasteiger partial charge < -0.3 is 19.3 Å². The van der Waals surface area contributed by atoms with Crippen molar-refractivity contribution < 1.29 is 18.8 Å². The van der Waals surface area contributed by atoms with Crippen LogP contribution < -0.4 is 14.8 Å². The molecule has 0 bridgehead atoms. The van der Waals surface area contributed by atoms with Gasteiger partial charge >= 0.3 is 0 Å². The van der Waals surface area contributed by atoms with E-state index in [4.69, 9.17) is 14.0 Å². The first kappa shape index (κ1) is 21.1. The van der Waals surface area contributed by atoms with Crippen LogP contribution in [0, 0.1) is 6.92 Å². The molecule has 0 saturated carbocycles. The lowest BCUT2D eigenvalue weighted by atomic mass is 10.1. The molecule has 162 valence electrons. The van der Waals surface area contributed by atoms with Crippen LogP contribution >= 0.6 is 0 Å². The minimum absolute atomic E-state index is 0.249. The van der Waals surface area contributed by atoms with Crippen LogP contribution in [-0.4, -0.2) is 29.3 Å². The monoisotopic (exact) mass is 429 g/mol. The Kier molecular flexibility index (Phi) is 6.77. The van der Waals surface area contributed by atoms with E-state index in [0.717, 1.165) is 16.9 Å². The highest BCUT2D eigenvalue weighted by molar-refractivity contribution is 6.00. The molecular formula is C25H23N3O4. The van der Waals surface area contributed by atoms with Gasteiger partial charge in [0.05, 0.1) is 0 Å². The van der Waals surface area contributed by atoms with Crippen LogP contribution in [0.15, 0.2) is 83.5 Å². The minimum Gasteiger partial charge on any atom is -0.490 e. The Bertz CT molecular complexity index is 1140. The topological polar surface area (TPSA) is 86.5 Å². The fourth-order valence-electron chi connectivity index (χ4n) is 3.13. The van der Waals surface area contributed by atoms with Crippen molar-refractivity contribution in [1.29, 1.82) is 0 Å². The highest BCUT2D eigenvalue weighted by Crippen LogP contribution is 2.25. The maximum absolute atomic E-state index is 12.8. The van der Waals surface area contributed by atoms with Crippen molar-refractivity contribution in [2.45, 2.75) is 13.5 Å². The Labute approximate surface area is 186 Å². The molecule has 2 aromatic carbocycles. The summed E-state index contributed by atoms with van der Waals surface area (Å²) < 4.78 is 16.5. The van der Waals surface area contributed by atoms with E-state index in [1.807, 2.05) is 66.7 Å². The number of amides is 1. The third-order valence-corrected chi connectivity index (χ3v) is 4.73. The fourth-order valence-corrected chi connectivity index (χ4v) is 3.13. The summed E-state index contributed by atoms with van der Waals surface area (Å²) in [5, 5.41) is 6.96. The van der Waals surface area contributed by atoms with Gasteiger partial charge in [0.2, 0.25) is 5.88 Å². The van der Waals surface area contributed by atoms with Crippen LogP contribution in [0.5, 0.6) is 11.6 Å². The fraction of sp³-hybridized carbons (Fsp3) is 0.160. The standard InChI is InChI=1S/C25H23N3O4/c1-18-23(24(28-32-18)20-8-4-2-5-9-20)25(29)27-17-19-12-13-22(26-16-19)31-15-14-30-21-10-6-3-7-11-21/h2-13,16H,14-15,17H2,1H3,(H,27,29). The van der Waals surface area contributed by atoms with Crippen LogP contribution in [0.1, 0.15) is 21.7 Å². The van der Waals surface area contributed by atoms with E-state index in [1.165, 1.54) is 0 Å². The van der Waals surface area contributed by atoms with Gasteiger partial charge in [0, 0.05) is 24.4 Å². The number of carbonyl (C=O) groups is 1. The van der Waals surface area contributed by atoms with Crippen molar-refractivity contribution in [3.8, 4) is 22.9 Å². The second-order valence-corrected chi connectivity index (χ2v) is 7.03. The molecule has 0 fully saturated rings. The van der Waals surface area contributed by atoms with Crippen molar-refractivity contribution in [3.05, 3.63) is 95.9 Å². The number of para-hydroxylation sites is 1. The number of aromatic nitrogens is 2. The molecule has 0 saturated heterocycles. The number of benzene rings is 2. The van der Waals surface area contributed by atoms with Gasteiger partial charge in [0.1, 0.15) is 36.0 Å². The highest BCUT2D eigenvalue weighted by atomic mass is 16.5. The summed E-state index contributed by atoms with van der Waals surface area (Å²) in [4.78, 5) is 17.1. The molecule has 32 heavy (non-hydrogen) atoms. The molecule has 0 unspecified atom stereocenters. The number of hydrogen-bond acceptors (Lipinski definition) is 6. The van der Waals surface area contributed by atoms with Crippen molar-refractivity contribution in [2.24, 2.45) is 0 Å². The molecule has 0 aliphatic carbocycles. The van der Waals surface area contributed by atoms with E-state index < -0.39 is 0 Å². The maximum Gasteiger partial charge on any atom is 0.257 e. The minimum atomic E-state index is -0.249. The quantitative estimate of drug-likeness (QED) is 0.396. The first-order valence-corrected chi connectivity index (χ1v) is 10.3. The largest absolute Gasteiger partial charge is 0.490 e. The predicted molar refractivity (Wildman–Crippen MR) is 120 cm³/mol. The Hall–Kier alpha value is -4.13. The third kappa shape index (κ3) is 5.31. The number of carbonyl (C=O) groups excluding carboxylic acids is 1. The van der Waals surface area contributed by atoms with Gasteiger partial charge in [-0.1, -0.05) is 59.8 Å². The van der Waals surface area contributed by atoms with Crippen molar-refractivity contribution in [2.75, 3.05) is 13.2 Å². The second kappa shape index (κ2) is 10.3. The number of nitrogens with one attached hydrogen (secondary N) is 1. The number of ether oxygens (including phenoxy) is 2. The van der Waals surface area contributed by atoms with Crippen molar-refractivity contribution >= 4 is 5.91 Å². The first-order chi connectivity index (χ1) is 15.7. The molecule has 0 spiro atoms. The Morgan fingerprint density at radius 1 is 0.938 bits per heavy atom. The Balaban J connectivity index is 1.28. The third-order valence-electron chi connectivity index (χ3n) is 4.73. The molecule has 1 N–H and O–H groups in total. The van der Waals surface area contributed by atoms with Gasteiger partial charge in [-0.15, -0.1) is 0 Å². The van der Waals surface area contributed by atoms with E-state index in [-0.39, 0.29) is 5.91 Å². The van der Waals surface area contributed by atoms with Gasteiger partial charge in [0.25, 0.3) is 5.91 Å². The molecule has 2 aromatic heterocycles. The van der Waals surface area contributed by atoms with E-state index in [9.17, 15) is 4.79 Å². The molecule has 0 aliphatic rings. The number of rotatable bonds is 9. The van der Waals surface area contributed by atoms with Crippen LogP contribution in [0.2, 0.25) is 0 Å². The van der Waals surface area contributed by atoms with Gasteiger partial charge in [0.15, 0.2) is 0 Å². The molecule has 1 amide bonds. The zero-order valence-electron chi connectivity index (χ0n) is 17.7. The van der Waals surface area contributed by atoms with Gasteiger partial charge in [-0.05, 0) is 24.6 Å². The average Bonchev–Trinajstić information content (AvgIpc) is 3.24. The predicted octanol–water partition coefficient (Wildman–Crippen LogP) is 4.43. The van der Waals surface area contributed by atoms with E-state index in [2.05, 4.69) is 15.5 Å². The van der Waals surface area contributed by atoms with Crippen LogP contribution in [0.25, 0.3) is 11.3 Å². The molecule has 7 nitrogen and oxygen atoms in total. The molecular weight excluding hydrogens is 406 g/mol. The SMILES string of the molecule is Cc1onc(-c2ccccc2)c1C(=O)NCc1ccc(OCCOc2ccccc2)nc1. The Morgan fingerprint density at radius 3 is 2.38 bits per heavy atom. The van der Waals surface area contributed by atoms with E-state index >= 15 is 0 Å². The number of pyridine rings is 1. The molecule has 0 aliphatic heterocycles. The lowest BCUT2D eigenvalue weighted by molar-refractivity contribution is 0.0950. The zero-order chi connectivity index (χ0) is 22.2. The van der Waals surface area contributed by atoms with Crippen molar-refractivity contribution in [3.63, 3.8) is 0 Å². The zero-order valence-corrected chi connectivity index (χ0v) is 17.7. The van der Waals surface area contributed by atoms with Crippen LogP contribution in [0.4, 0.5) is 0 Å². The number of aryl methyl sites for hydroxylation is 1. The number of nitrogens with zero attached hydrogens (tertiary/aromatic N) is 2. The molecule has 4 aromatic rings. The summed E-state index contributed by atoms with van der Waals surface area (Å²) in [6.07, 6.45) is 1.67. The Morgan fingerprint density at radius 2 is 1.66 bits per heavy atom. The molecule has 4 rings (SSSR count). The van der Waals surface area contributed by atoms with Gasteiger partial charge in [-0.3, -0.25) is 4.79 Å². The van der Waals surface area contributed by atoms with E-state index in [1.54, 1.807) is 19.2 Å².